The van der Waals surface area contributed by atoms with Crippen molar-refractivity contribution < 1.29 is 32.3 Å². The van der Waals surface area contributed by atoms with Gasteiger partial charge in [0.25, 0.3) is 15.9 Å². The number of hydrogen-bond acceptors (Lipinski definition) is 8. The summed E-state index contributed by atoms with van der Waals surface area (Å²) in [5.74, 6) is -2.06. The SMILES string of the molecule is CC(=CC(C(C)C)N(C)C(=O)C(NC(=O)C(N(C)C(=O)OC(C)(C)C)C(C)(C)c1ccccc1)C(C)(C)C)C(=O)NS(=O)(=O)c1ccc(N)cc1. The third kappa shape index (κ3) is 11.3. The largest absolute Gasteiger partial charge is 0.444 e. The van der Waals surface area contributed by atoms with E-state index in [1.807, 2.05) is 78.8 Å². The molecule has 0 aliphatic rings. The van der Waals surface area contributed by atoms with Gasteiger partial charge >= 0.3 is 6.09 Å². The minimum absolute atomic E-state index is 0.0763. The number of anilines is 1. The fourth-order valence-electron chi connectivity index (χ4n) is 5.66. The van der Waals surface area contributed by atoms with Crippen molar-refractivity contribution in [1.29, 1.82) is 0 Å². The van der Waals surface area contributed by atoms with E-state index in [9.17, 15) is 27.6 Å². The number of hydrogen-bond donors (Lipinski definition) is 3. The van der Waals surface area contributed by atoms with Crippen LogP contribution in [0.1, 0.15) is 81.7 Å². The third-order valence-corrected chi connectivity index (χ3v) is 9.94. The van der Waals surface area contributed by atoms with E-state index in [0.717, 1.165) is 5.56 Å². The minimum atomic E-state index is -4.19. The maximum Gasteiger partial charge on any atom is 0.410 e. The molecule has 13 heteroatoms. The lowest BCUT2D eigenvalue weighted by Crippen LogP contribution is -2.63. The van der Waals surface area contributed by atoms with Gasteiger partial charge in [-0.2, -0.15) is 0 Å². The van der Waals surface area contributed by atoms with Crippen molar-refractivity contribution >= 4 is 39.5 Å². The van der Waals surface area contributed by atoms with Gasteiger partial charge in [-0.05, 0) is 68.9 Å². The van der Waals surface area contributed by atoms with E-state index in [0.29, 0.717) is 5.69 Å². The van der Waals surface area contributed by atoms with Crippen LogP contribution >= 0.6 is 0 Å². The lowest BCUT2D eigenvalue weighted by molar-refractivity contribution is -0.141. The van der Waals surface area contributed by atoms with Gasteiger partial charge in [0.1, 0.15) is 17.7 Å². The molecule has 3 atom stereocenters. The van der Waals surface area contributed by atoms with E-state index in [4.69, 9.17) is 10.5 Å². The average Bonchev–Trinajstić information content (AvgIpc) is 3.00. The van der Waals surface area contributed by atoms with Crippen molar-refractivity contribution in [3.63, 3.8) is 0 Å². The molecule has 51 heavy (non-hydrogen) atoms. The number of nitrogens with two attached hydrogens (primary N) is 1. The number of nitrogens with one attached hydrogen (secondary N) is 2. The van der Waals surface area contributed by atoms with Crippen LogP contribution in [0.2, 0.25) is 0 Å². The number of benzene rings is 2. The van der Waals surface area contributed by atoms with Gasteiger partial charge in [-0.3, -0.25) is 19.3 Å². The highest BCUT2D eigenvalue weighted by Crippen LogP contribution is 2.32. The molecule has 3 unspecified atom stereocenters. The highest BCUT2D eigenvalue weighted by molar-refractivity contribution is 7.90. The van der Waals surface area contributed by atoms with Crippen LogP contribution in [0.4, 0.5) is 10.5 Å². The van der Waals surface area contributed by atoms with E-state index < -0.39 is 68.4 Å². The van der Waals surface area contributed by atoms with E-state index in [2.05, 4.69) is 10.0 Å². The van der Waals surface area contributed by atoms with E-state index in [1.54, 1.807) is 27.8 Å². The second kappa shape index (κ2) is 16.3. The zero-order valence-electron chi connectivity index (χ0n) is 32.3. The average molecular weight is 728 g/mol. The number of nitrogens with zero attached hydrogens (tertiary/aromatic N) is 2. The first kappa shape index (κ1) is 42.8. The second-order valence-electron chi connectivity index (χ2n) is 15.9. The number of carbonyl (C=O) groups is 4. The standard InChI is InChI=1S/C38H57N5O7S/c1-24(2)29(23-25(3)32(44)41-51(48,49)28-21-19-27(39)20-22-28)42(12)34(46)30(36(4,5)6)40-33(45)31(43(13)35(47)50-37(7,8)9)38(10,11)26-17-15-14-16-18-26/h14-24,29-31H,39H2,1-13H3,(H,40,45)(H,41,44). The summed E-state index contributed by atoms with van der Waals surface area (Å²) in [6, 6.07) is 11.9. The molecule has 2 aromatic rings. The van der Waals surface area contributed by atoms with Gasteiger partial charge < -0.3 is 20.7 Å². The maximum atomic E-state index is 14.4. The van der Waals surface area contributed by atoms with Gasteiger partial charge in [0.2, 0.25) is 11.8 Å². The van der Waals surface area contributed by atoms with Crippen LogP contribution in [-0.4, -0.2) is 79.9 Å². The summed E-state index contributed by atoms with van der Waals surface area (Å²) in [5.41, 5.74) is 4.38. The van der Waals surface area contributed by atoms with Gasteiger partial charge in [0, 0.05) is 30.8 Å². The van der Waals surface area contributed by atoms with Crippen LogP contribution in [-0.2, 0) is 34.6 Å². The Balaban J connectivity index is 2.48. The monoisotopic (exact) mass is 727 g/mol. The first-order valence-electron chi connectivity index (χ1n) is 16.9. The molecule has 0 aliphatic heterocycles. The Labute approximate surface area is 304 Å². The third-order valence-electron chi connectivity index (χ3n) is 8.59. The molecular weight excluding hydrogens is 671 g/mol. The van der Waals surface area contributed by atoms with Crippen LogP contribution < -0.4 is 15.8 Å². The highest BCUT2D eigenvalue weighted by atomic mass is 32.2. The highest BCUT2D eigenvalue weighted by Gasteiger charge is 2.46. The molecule has 0 heterocycles. The van der Waals surface area contributed by atoms with Crippen molar-refractivity contribution in [3.05, 3.63) is 71.8 Å². The number of amides is 4. The zero-order valence-corrected chi connectivity index (χ0v) is 33.1. The number of likely N-dealkylation sites (N-methyl/N-ethyl adjacent to an activating group) is 2. The lowest BCUT2D eigenvalue weighted by Gasteiger charge is -2.42. The Hall–Kier alpha value is -4.39. The first-order chi connectivity index (χ1) is 23.2. The van der Waals surface area contributed by atoms with Crippen molar-refractivity contribution in [3.8, 4) is 0 Å². The summed E-state index contributed by atoms with van der Waals surface area (Å²) in [4.78, 5) is 57.9. The molecule has 0 fully saturated rings. The summed E-state index contributed by atoms with van der Waals surface area (Å²) in [6.07, 6.45) is 0.842. The normalized spacial score (nSPS) is 14.6. The molecule has 12 nitrogen and oxygen atoms in total. The summed E-state index contributed by atoms with van der Waals surface area (Å²) in [7, 11) is -1.11. The minimum Gasteiger partial charge on any atom is -0.444 e. The predicted octanol–water partition coefficient (Wildman–Crippen LogP) is 5.25. The summed E-state index contributed by atoms with van der Waals surface area (Å²) in [5, 5.41) is 2.97. The van der Waals surface area contributed by atoms with Gasteiger partial charge in [-0.25, -0.2) is 17.9 Å². The van der Waals surface area contributed by atoms with Crippen molar-refractivity contribution in [1.82, 2.24) is 19.8 Å². The van der Waals surface area contributed by atoms with Crippen LogP contribution in [0, 0.1) is 11.3 Å². The van der Waals surface area contributed by atoms with Gasteiger partial charge in [-0.15, -0.1) is 0 Å². The lowest BCUT2D eigenvalue weighted by atomic mass is 9.76. The van der Waals surface area contributed by atoms with Gasteiger partial charge in [-0.1, -0.05) is 84.9 Å². The molecular formula is C38H57N5O7S. The fourth-order valence-corrected chi connectivity index (χ4v) is 6.68. The van der Waals surface area contributed by atoms with Crippen LogP contribution in [0.25, 0.3) is 0 Å². The Bertz CT molecular complexity index is 1690. The molecule has 4 amide bonds. The Morgan fingerprint density at radius 2 is 1.37 bits per heavy atom. The fraction of sp³-hybridized carbons (Fsp3) is 0.526. The molecule has 0 aliphatic carbocycles. The summed E-state index contributed by atoms with van der Waals surface area (Å²) >= 11 is 0. The van der Waals surface area contributed by atoms with Gasteiger partial charge in [0.05, 0.1) is 10.9 Å². The number of ether oxygens (including phenoxy) is 1. The molecule has 0 saturated heterocycles. The smallest absolute Gasteiger partial charge is 0.410 e. The Morgan fingerprint density at radius 3 is 1.84 bits per heavy atom. The van der Waals surface area contributed by atoms with Crippen molar-refractivity contribution in [2.45, 2.75) is 110 Å². The van der Waals surface area contributed by atoms with Crippen LogP contribution in [0.5, 0.6) is 0 Å². The van der Waals surface area contributed by atoms with E-state index >= 15 is 0 Å². The van der Waals surface area contributed by atoms with Crippen LogP contribution in [0.15, 0.2) is 71.1 Å². The topological polar surface area (TPSA) is 168 Å². The molecule has 4 N–H and O–H groups in total. The van der Waals surface area contributed by atoms with E-state index in [-0.39, 0.29) is 16.4 Å². The number of rotatable bonds is 12. The van der Waals surface area contributed by atoms with Crippen molar-refractivity contribution in [2.75, 3.05) is 19.8 Å². The zero-order chi connectivity index (χ0) is 39.3. The maximum absolute atomic E-state index is 14.4. The molecule has 0 bridgehead atoms. The molecule has 0 saturated carbocycles. The molecule has 2 aromatic carbocycles. The second-order valence-corrected chi connectivity index (χ2v) is 17.6. The molecule has 0 radical (unpaired) electrons. The van der Waals surface area contributed by atoms with Gasteiger partial charge in [0.15, 0.2) is 0 Å². The Kier molecular flexibility index (Phi) is 13.7. The summed E-state index contributed by atoms with van der Waals surface area (Å²) in [6.45, 7) is 19.6. The number of sulfonamides is 1. The number of nitrogen functional groups attached to an aromatic ring is 1. The first-order valence-corrected chi connectivity index (χ1v) is 18.4. The molecule has 2 rings (SSSR count). The molecule has 0 aromatic heterocycles. The molecule has 282 valence electrons. The van der Waals surface area contributed by atoms with Crippen LogP contribution in [0.3, 0.4) is 0 Å². The predicted molar refractivity (Wildman–Crippen MR) is 200 cm³/mol. The quantitative estimate of drug-likeness (QED) is 0.197. The number of carbonyl (C=O) groups excluding carboxylic acids is 4. The Morgan fingerprint density at radius 1 is 0.843 bits per heavy atom. The van der Waals surface area contributed by atoms with E-state index in [1.165, 1.54) is 54.1 Å². The van der Waals surface area contributed by atoms with Crippen molar-refractivity contribution in [2.24, 2.45) is 11.3 Å². The summed E-state index contributed by atoms with van der Waals surface area (Å²) < 4.78 is 33.4. The molecule has 0 spiro atoms.